The summed E-state index contributed by atoms with van der Waals surface area (Å²) in [5.74, 6) is -0.137. The molecule has 1 aromatic rings. The van der Waals surface area contributed by atoms with E-state index < -0.39 is 0 Å². The molecule has 0 radical (unpaired) electrons. The smallest absolute Gasteiger partial charge is 0.126 e. The van der Waals surface area contributed by atoms with Crippen LogP contribution in [0.3, 0.4) is 0 Å². The van der Waals surface area contributed by atoms with Gasteiger partial charge in [0.05, 0.1) is 0 Å². The van der Waals surface area contributed by atoms with E-state index in [1.165, 1.54) is 0 Å². The van der Waals surface area contributed by atoms with E-state index in [9.17, 15) is 4.39 Å². The fourth-order valence-corrected chi connectivity index (χ4v) is 1.95. The molecular weight excluding hydrogens is 189 g/mol. The van der Waals surface area contributed by atoms with Gasteiger partial charge in [0.2, 0.25) is 0 Å². The molecule has 1 unspecified atom stereocenters. The molecule has 0 saturated carbocycles. The molecule has 0 aliphatic carbocycles. The van der Waals surface area contributed by atoms with Crippen LogP contribution in [0.5, 0.6) is 0 Å². The van der Waals surface area contributed by atoms with Crippen LogP contribution in [-0.2, 0) is 0 Å². The molecule has 0 bridgehead atoms. The van der Waals surface area contributed by atoms with Gasteiger partial charge in [-0.3, -0.25) is 0 Å². The minimum Gasteiger partial charge on any atom is -0.313 e. The third kappa shape index (κ3) is 2.78. The predicted octanol–water partition coefficient (Wildman–Crippen LogP) is 3.44. The maximum atomic E-state index is 13.1. The third-order valence-electron chi connectivity index (χ3n) is 2.67. The minimum absolute atomic E-state index is 0.124. The quantitative estimate of drug-likeness (QED) is 0.786. The van der Waals surface area contributed by atoms with Crippen LogP contribution >= 0.6 is 0 Å². The molecule has 0 aliphatic heterocycles. The Kier molecular flexibility index (Phi) is 3.50. The summed E-state index contributed by atoms with van der Waals surface area (Å²) < 4.78 is 13.1. The van der Waals surface area contributed by atoms with Crippen LogP contribution in [0.2, 0.25) is 0 Å². The Balaban J connectivity index is 3.08. The Morgan fingerprint density at radius 1 is 1.27 bits per heavy atom. The molecule has 1 rings (SSSR count). The highest BCUT2D eigenvalue weighted by Gasteiger charge is 2.24. The number of halogens is 1. The van der Waals surface area contributed by atoms with Gasteiger partial charge in [0.1, 0.15) is 5.82 Å². The zero-order chi connectivity index (χ0) is 11.6. The highest BCUT2D eigenvalue weighted by Crippen LogP contribution is 2.32. The fraction of sp³-hybridized carbons (Fsp3) is 0.538. The van der Waals surface area contributed by atoms with Crippen LogP contribution in [0.4, 0.5) is 4.39 Å². The second-order valence-corrected chi connectivity index (χ2v) is 5.10. The van der Waals surface area contributed by atoms with Crippen molar-refractivity contribution in [1.82, 2.24) is 5.32 Å². The van der Waals surface area contributed by atoms with Gasteiger partial charge in [-0.1, -0.05) is 32.9 Å². The van der Waals surface area contributed by atoms with Crippen molar-refractivity contribution in [1.29, 1.82) is 0 Å². The molecule has 1 N–H and O–H groups in total. The lowest BCUT2D eigenvalue weighted by Gasteiger charge is -2.31. The summed E-state index contributed by atoms with van der Waals surface area (Å²) in [5, 5.41) is 3.28. The molecule has 0 spiro atoms. The van der Waals surface area contributed by atoms with Gasteiger partial charge < -0.3 is 5.32 Å². The van der Waals surface area contributed by atoms with Crippen molar-refractivity contribution in [2.75, 3.05) is 7.05 Å². The Morgan fingerprint density at radius 2 is 1.87 bits per heavy atom. The topological polar surface area (TPSA) is 12.0 Å². The maximum absolute atomic E-state index is 13.1. The maximum Gasteiger partial charge on any atom is 0.126 e. The molecule has 0 amide bonds. The van der Waals surface area contributed by atoms with Gasteiger partial charge in [-0.05, 0) is 36.6 Å². The van der Waals surface area contributed by atoms with Crippen LogP contribution in [-0.4, -0.2) is 7.05 Å². The summed E-state index contributed by atoms with van der Waals surface area (Å²) >= 11 is 0. The molecule has 15 heavy (non-hydrogen) atoms. The molecule has 1 nitrogen and oxygen atoms in total. The summed E-state index contributed by atoms with van der Waals surface area (Å²) in [4.78, 5) is 0. The number of nitrogens with one attached hydrogen (secondary N) is 1. The lowest BCUT2D eigenvalue weighted by Crippen LogP contribution is -2.29. The van der Waals surface area contributed by atoms with Crippen molar-refractivity contribution in [2.45, 2.75) is 33.7 Å². The molecule has 0 fully saturated rings. The van der Waals surface area contributed by atoms with E-state index in [2.05, 4.69) is 26.1 Å². The predicted molar refractivity (Wildman–Crippen MR) is 62.4 cm³/mol. The van der Waals surface area contributed by atoms with Crippen LogP contribution in [0.15, 0.2) is 18.2 Å². The number of benzene rings is 1. The van der Waals surface area contributed by atoms with E-state index in [4.69, 9.17) is 0 Å². The summed E-state index contributed by atoms with van der Waals surface area (Å²) in [6.07, 6.45) is 0. The van der Waals surface area contributed by atoms with E-state index in [0.29, 0.717) is 5.56 Å². The van der Waals surface area contributed by atoms with E-state index in [1.54, 1.807) is 13.0 Å². The SMILES string of the molecule is CNC(c1ccc(F)c(C)c1)C(C)(C)C. The van der Waals surface area contributed by atoms with Crippen LogP contribution in [0.25, 0.3) is 0 Å². The molecule has 2 heteroatoms. The van der Waals surface area contributed by atoms with Gasteiger partial charge in [0.25, 0.3) is 0 Å². The third-order valence-corrected chi connectivity index (χ3v) is 2.67. The number of aryl methyl sites for hydroxylation is 1. The van der Waals surface area contributed by atoms with Crippen molar-refractivity contribution in [3.05, 3.63) is 35.1 Å². The number of hydrogen-bond donors (Lipinski definition) is 1. The minimum atomic E-state index is -0.137. The van der Waals surface area contributed by atoms with Gasteiger partial charge in [0.15, 0.2) is 0 Å². The Hall–Kier alpha value is -0.890. The van der Waals surface area contributed by atoms with Gasteiger partial charge in [-0.15, -0.1) is 0 Å². The highest BCUT2D eigenvalue weighted by molar-refractivity contribution is 5.27. The monoisotopic (exact) mass is 209 g/mol. The molecule has 84 valence electrons. The van der Waals surface area contributed by atoms with Crippen LogP contribution < -0.4 is 5.32 Å². The van der Waals surface area contributed by atoms with Crippen molar-refractivity contribution in [3.63, 3.8) is 0 Å². The molecule has 0 heterocycles. The van der Waals surface area contributed by atoms with Gasteiger partial charge in [-0.2, -0.15) is 0 Å². The first kappa shape index (κ1) is 12.2. The fourth-order valence-electron chi connectivity index (χ4n) is 1.95. The Bertz CT molecular complexity index is 339. The number of hydrogen-bond acceptors (Lipinski definition) is 1. The zero-order valence-corrected chi connectivity index (χ0v) is 10.2. The van der Waals surface area contributed by atoms with Gasteiger partial charge in [-0.25, -0.2) is 4.39 Å². The summed E-state index contributed by atoms with van der Waals surface area (Å²) in [5.41, 5.74) is 1.97. The first-order chi connectivity index (χ1) is 6.86. The first-order valence-electron chi connectivity index (χ1n) is 5.29. The summed E-state index contributed by atoms with van der Waals surface area (Å²) in [6.45, 7) is 8.32. The van der Waals surface area contributed by atoms with Crippen molar-refractivity contribution in [3.8, 4) is 0 Å². The standard InChI is InChI=1S/C13H20FN/c1-9-8-10(6-7-11(9)14)12(15-5)13(2,3)4/h6-8,12,15H,1-5H3. The van der Waals surface area contributed by atoms with Crippen LogP contribution in [0, 0.1) is 18.2 Å². The van der Waals surface area contributed by atoms with E-state index >= 15 is 0 Å². The summed E-state index contributed by atoms with van der Waals surface area (Å²) in [7, 11) is 1.94. The molecule has 0 aromatic heterocycles. The molecule has 0 saturated heterocycles. The normalized spacial score (nSPS) is 14.0. The van der Waals surface area contributed by atoms with E-state index in [-0.39, 0.29) is 17.3 Å². The second-order valence-electron chi connectivity index (χ2n) is 5.10. The average molecular weight is 209 g/mol. The van der Waals surface area contributed by atoms with Gasteiger partial charge in [0, 0.05) is 6.04 Å². The van der Waals surface area contributed by atoms with Crippen molar-refractivity contribution < 1.29 is 4.39 Å². The lowest BCUT2D eigenvalue weighted by atomic mass is 9.82. The van der Waals surface area contributed by atoms with Crippen molar-refractivity contribution in [2.24, 2.45) is 5.41 Å². The molecule has 1 atom stereocenters. The zero-order valence-electron chi connectivity index (χ0n) is 10.2. The number of rotatable bonds is 2. The first-order valence-corrected chi connectivity index (χ1v) is 5.29. The molecule has 1 aromatic carbocycles. The lowest BCUT2D eigenvalue weighted by molar-refractivity contribution is 0.286. The largest absolute Gasteiger partial charge is 0.313 e. The van der Waals surface area contributed by atoms with E-state index in [1.807, 2.05) is 19.2 Å². The molecule has 0 aliphatic rings. The molecular formula is C13H20FN. The Labute approximate surface area is 91.7 Å². The van der Waals surface area contributed by atoms with Gasteiger partial charge >= 0.3 is 0 Å². The second kappa shape index (κ2) is 4.31. The van der Waals surface area contributed by atoms with Crippen LogP contribution in [0.1, 0.15) is 37.9 Å². The van der Waals surface area contributed by atoms with E-state index in [0.717, 1.165) is 5.56 Å². The summed E-state index contributed by atoms with van der Waals surface area (Å²) in [6, 6.07) is 5.56. The average Bonchev–Trinajstić information content (AvgIpc) is 2.10. The highest BCUT2D eigenvalue weighted by atomic mass is 19.1. The Morgan fingerprint density at radius 3 is 2.27 bits per heavy atom. The van der Waals surface area contributed by atoms with Crippen molar-refractivity contribution >= 4 is 0 Å².